The van der Waals surface area contributed by atoms with Crippen molar-refractivity contribution in [3.63, 3.8) is 0 Å². The van der Waals surface area contributed by atoms with Gasteiger partial charge in [0.1, 0.15) is 0 Å². The van der Waals surface area contributed by atoms with Crippen molar-refractivity contribution in [1.82, 2.24) is 0 Å². The molecule has 0 radical (unpaired) electrons. The number of esters is 1. The van der Waals surface area contributed by atoms with Crippen molar-refractivity contribution in [3.8, 4) is 0 Å². The number of Topliss-reactive ketones (excluding diaryl/α,β-unsaturated/α-hetero) is 1. The second-order valence-electron chi connectivity index (χ2n) is 4.14. The van der Waals surface area contributed by atoms with E-state index in [1.165, 1.54) is 6.08 Å². The maximum absolute atomic E-state index is 11.7. The van der Waals surface area contributed by atoms with Gasteiger partial charge in [-0.2, -0.15) is 0 Å². The minimum atomic E-state index is -0.530. The van der Waals surface area contributed by atoms with Crippen molar-refractivity contribution < 1.29 is 14.3 Å². The van der Waals surface area contributed by atoms with Gasteiger partial charge in [-0.1, -0.05) is 60.7 Å². The number of benzene rings is 2. The van der Waals surface area contributed by atoms with Crippen LogP contribution in [0, 0.1) is 0 Å². The Kier molecular flexibility index (Phi) is 4.84. The summed E-state index contributed by atoms with van der Waals surface area (Å²) in [5.74, 6) is -0.745. The highest BCUT2D eigenvalue weighted by Crippen LogP contribution is 2.03. The van der Waals surface area contributed by atoms with Crippen LogP contribution in [0.4, 0.5) is 0 Å². The van der Waals surface area contributed by atoms with Crippen molar-refractivity contribution in [3.05, 3.63) is 77.9 Å². The fraction of sp³-hybridized carbons (Fsp3) is 0.0588. The van der Waals surface area contributed by atoms with E-state index in [9.17, 15) is 9.59 Å². The molecule has 2 aromatic rings. The van der Waals surface area contributed by atoms with Crippen LogP contribution in [0.5, 0.6) is 0 Å². The highest BCUT2D eigenvalue weighted by molar-refractivity contribution is 5.98. The average Bonchev–Trinajstić information content (AvgIpc) is 2.52. The summed E-state index contributed by atoms with van der Waals surface area (Å²) in [4.78, 5) is 23.2. The van der Waals surface area contributed by atoms with E-state index in [4.69, 9.17) is 4.74 Å². The van der Waals surface area contributed by atoms with Crippen LogP contribution in [0.1, 0.15) is 15.9 Å². The second kappa shape index (κ2) is 7.04. The molecular formula is C17H14O3. The molecule has 3 heteroatoms. The van der Waals surface area contributed by atoms with Gasteiger partial charge in [0.2, 0.25) is 0 Å². The Hall–Kier alpha value is -2.68. The predicted octanol–water partition coefficient (Wildman–Crippen LogP) is 3.13. The Balaban J connectivity index is 1.84. The molecule has 0 saturated carbocycles. The van der Waals surface area contributed by atoms with Crippen LogP contribution >= 0.6 is 0 Å². The molecule has 0 N–H and O–H groups in total. The monoisotopic (exact) mass is 266 g/mol. The fourth-order valence-electron chi connectivity index (χ4n) is 1.62. The molecule has 0 aliphatic heterocycles. The molecule has 0 aromatic heterocycles. The van der Waals surface area contributed by atoms with Gasteiger partial charge in [0.15, 0.2) is 12.4 Å². The first-order chi connectivity index (χ1) is 9.75. The molecule has 0 saturated heterocycles. The first kappa shape index (κ1) is 13.7. The van der Waals surface area contributed by atoms with Gasteiger partial charge in [0.25, 0.3) is 0 Å². The van der Waals surface area contributed by atoms with E-state index in [0.29, 0.717) is 5.56 Å². The zero-order valence-corrected chi connectivity index (χ0v) is 10.9. The van der Waals surface area contributed by atoms with Crippen LogP contribution in [0.3, 0.4) is 0 Å². The number of carbonyl (C=O) groups is 2. The average molecular weight is 266 g/mol. The largest absolute Gasteiger partial charge is 0.454 e. The maximum Gasteiger partial charge on any atom is 0.331 e. The summed E-state index contributed by atoms with van der Waals surface area (Å²) < 4.78 is 4.90. The van der Waals surface area contributed by atoms with Crippen LogP contribution in [-0.2, 0) is 9.53 Å². The molecule has 0 fully saturated rings. The van der Waals surface area contributed by atoms with Gasteiger partial charge in [-0.15, -0.1) is 0 Å². The summed E-state index contributed by atoms with van der Waals surface area (Å²) >= 11 is 0. The molecule has 0 aliphatic rings. The Bertz CT molecular complexity index is 601. The summed E-state index contributed by atoms with van der Waals surface area (Å²) in [6.07, 6.45) is 2.96. The number of ketones is 1. The van der Waals surface area contributed by atoms with Crippen LogP contribution in [-0.4, -0.2) is 18.4 Å². The summed E-state index contributed by atoms with van der Waals surface area (Å²) in [5.41, 5.74) is 1.44. The Morgan fingerprint density at radius 1 is 0.900 bits per heavy atom. The molecule has 0 spiro atoms. The van der Waals surface area contributed by atoms with Gasteiger partial charge in [0.05, 0.1) is 0 Å². The fourth-order valence-corrected chi connectivity index (χ4v) is 1.62. The third-order valence-corrected chi connectivity index (χ3v) is 2.65. The van der Waals surface area contributed by atoms with Gasteiger partial charge in [-0.05, 0) is 11.6 Å². The van der Waals surface area contributed by atoms with Crippen molar-refractivity contribution in [2.45, 2.75) is 0 Å². The minimum absolute atomic E-state index is 0.216. The lowest BCUT2D eigenvalue weighted by atomic mass is 10.1. The summed E-state index contributed by atoms with van der Waals surface area (Å²) in [6.45, 7) is -0.248. The van der Waals surface area contributed by atoms with Crippen molar-refractivity contribution >= 4 is 17.8 Å². The van der Waals surface area contributed by atoms with E-state index >= 15 is 0 Å². The number of rotatable bonds is 5. The molecule has 100 valence electrons. The predicted molar refractivity (Wildman–Crippen MR) is 77.2 cm³/mol. The molecule has 0 aliphatic carbocycles. The van der Waals surface area contributed by atoms with E-state index < -0.39 is 5.97 Å². The molecule has 20 heavy (non-hydrogen) atoms. The Morgan fingerprint density at radius 2 is 1.50 bits per heavy atom. The van der Waals surface area contributed by atoms with Crippen molar-refractivity contribution in [2.75, 3.05) is 6.61 Å². The lowest BCUT2D eigenvalue weighted by molar-refractivity contribution is -0.136. The van der Waals surface area contributed by atoms with Gasteiger partial charge < -0.3 is 4.74 Å². The molecule has 2 rings (SSSR count). The second-order valence-corrected chi connectivity index (χ2v) is 4.14. The smallest absolute Gasteiger partial charge is 0.331 e. The van der Waals surface area contributed by atoms with E-state index in [0.717, 1.165) is 5.56 Å². The number of ether oxygens (including phenoxy) is 1. The zero-order chi connectivity index (χ0) is 14.2. The molecule has 3 nitrogen and oxygen atoms in total. The lowest BCUT2D eigenvalue weighted by Crippen LogP contribution is -2.12. The van der Waals surface area contributed by atoms with Gasteiger partial charge >= 0.3 is 5.97 Å². The highest BCUT2D eigenvalue weighted by Gasteiger charge is 2.07. The normalized spacial score (nSPS) is 10.4. The summed E-state index contributed by atoms with van der Waals surface area (Å²) in [6, 6.07) is 18.1. The van der Waals surface area contributed by atoms with Crippen LogP contribution in [0.2, 0.25) is 0 Å². The van der Waals surface area contributed by atoms with Crippen molar-refractivity contribution in [2.24, 2.45) is 0 Å². The van der Waals surface area contributed by atoms with E-state index in [1.54, 1.807) is 30.3 Å². The maximum atomic E-state index is 11.7. The van der Waals surface area contributed by atoms with E-state index in [-0.39, 0.29) is 12.4 Å². The third kappa shape index (κ3) is 4.21. The van der Waals surface area contributed by atoms with E-state index in [1.807, 2.05) is 36.4 Å². The van der Waals surface area contributed by atoms with Crippen LogP contribution < -0.4 is 0 Å². The molecular weight excluding hydrogens is 252 g/mol. The topological polar surface area (TPSA) is 43.4 Å². The van der Waals surface area contributed by atoms with Crippen molar-refractivity contribution in [1.29, 1.82) is 0 Å². The first-order valence-corrected chi connectivity index (χ1v) is 6.24. The quantitative estimate of drug-likeness (QED) is 0.474. The van der Waals surface area contributed by atoms with Gasteiger partial charge in [-0.25, -0.2) is 4.79 Å². The number of hydrogen-bond acceptors (Lipinski definition) is 3. The van der Waals surface area contributed by atoms with Gasteiger partial charge in [-0.3, -0.25) is 4.79 Å². The number of carbonyl (C=O) groups excluding carboxylic acids is 2. The number of hydrogen-bond donors (Lipinski definition) is 0. The lowest BCUT2D eigenvalue weighted by Gasteiger charge is -2.01. The summed E-state index contributed by atoms with van der Waals surface area (Å²) in [7, 11) is 0. The minimum Gasteiger partial charge on any atom is -0.454 e. The molecule has 0 heterocycles. The molecule has 0 amide bonds. The molecule has 0 bridgehead atoms. The Morgan fingerprint density at radius 3 is 2.15 bits per heavy atom. The van der Waals surface area contributed by atoms with Crippen LogP contribution in [0.15, 0.2) is 66.7 Å². The zero-order valence-electron chi connectivity index (χ0n) is 10.9. The molecule has 0 unspecified atom stereocenters. The van der Waals surface area contributed by atoms with E-state index in [2.05, 4.69) is 0 Å². The Labute approximate surface area is 117 Å². The van der Waals surface area contributed by atoms with Crippen LogP contribution in [0.25, 0.3) is 6.08 Å². The molecule has 0 atom stereocenters. The highest BCUT2D eigenvalue weighted by atomic mass is 16.5. The molecule has 2 aromatic carbocycles. The standard InChI is InChI=1S/C17H14O3/c18-16(15-9-5-2-6-10-15)13-20-17(19)12-11-14-7-3-1-4-8-14/h1-12H,13H2/b12-11+. The third-order valence-electron chi connectivity index (χ3n) is 2.65. The first-order valence-electron chi connectivity index (χ1n) is 6.24. The summed E-state index contributed by atoms with van der Waals surface area (Å²) in [5, 5.41) is 0. The SMILES string of the molecule is O=C(/C=C/c1ccccc1)OCC(=O)c1ccccc1. The van der Waals surface area contributed by atoms with Gasteiger partial charge in [0, 0.05) is 11.6 Å².